The van der Waals surface area contributed by atoms with Crippen molar-refractivity contribution in [2.75, 3.05) is 20.8 Å². The molecule has 0 aromatic heterocycles. The monoisotopic (exact) mass is 460 g/mol. The van der Waals surface area contributed by atoms with Gasteiger partial charge in [0.05, 0.1) is 12.0 Å². The highest BCUT2D eigenvalue weighted by molar-refractivity contribution is 5.82. The van der Waals surface area contributed by atoms with Crippen LogP contribution in [0, 0.1) is 10.1 Å². The second-order valence-electron chi connectivity index (χ2n) is 8.08. The Balaban J connectivity index is 1.48. The standard InChI is InChI=1S/C26H24N2O6/c1-27(24(25(29)33-2)15-17-11-13-18(14-12-17)28(31)32)26(30)34-16-23-21-9-5-3-7-19(21)20-8-4-6-10-22(20)23/h3-14,23-24H,15-16H2,1-2H3. The predicted molar refractivity (Wildman–Crippen MR) is 125 cm³/mol. The molecule has 34 heavy (non-hydrogen) atoms. The average Bonchev–Trinajstić information content (AvgIpc) is 3.19. The number of nitro groups is 1. The average molecular weight is 460 g/mol. The number of ether oxygens (including phenoxy) is 2. The molecule has 1 unspecified atom stereocenters. The van der Waals surface area contributed by atoms with Crippen LogP contribution < -0.4 is 0 Å². The fraction of sp³-hybridized carbons (Fsp3) is 0.231. The number of rotatable bonds is 7. The van der Waals surface area contributed by atoms with E-state index >= 15 is 0 Å². The van der Waals surface area contributed by atoms with Crippen LogP contribution >= 0.6 is 0 Å². The molecule has 0 saturated carbocycles. The van der Waals surface area contributed by atoms with Crippen LogP contribution in [0.3, 0.4) is 0 Å². The second kappa shape index (κ2) is 9.74. The van der Waals surface area contributed by atoms with Gasteiger partial charge in [-0.05, 0) is 27.8 Å². The van der Waals surface area contributed by atoms with Crippen molar-refractivity contribution in [2.24, 2.45) is 0 Å². The number of non-ortho nitro benzene ring substituents is 1. The van der Waals surface area contributed by atoms with Crippen molar-refractivity contribution in [1.82, 2.24) is 4.90 Å². The van der Waals surface area contributed by atoms with Gasteiger partial charge in [0, 0.05) is 31.5 Å². The number of likely N-dealkylation sites (N-methyl/N-ethyl adjacent to an activating group) is 1. The van der Waals surface area contributed by atoms with Crippen molar-refractivity contribution in [2.45, 2.75) is 18.4 Å². The van der Waals surface area contributed by atoms with E-state index in [0.29, 0.717) is 5.56 Å². The first-order valence-electron chi connectivity index (χ1n) is 10.8. The van der Waals surface area contributed by atoms with E-state index in [0.717, 1.165) is 22.3 Å². The summed E-state index contributed by atoms with van der Waals surface area (Å²) in [5.41, 5.74) is 5.03. The summed E-state index contributed by atoms with van der Waals surface area (Å²) >= 11 is 0. The highest BCUT2D eigenvalue weighted by Crippen LogP contribution is 2.44. The number of carbonyl (C=O) groups excluding carboxylic acids is 2. The highest BCUT2D eigenvalue weighted by atomic mass is 16.6. The topological polar surface area (TPSA) is 99.0 Å². The molecular weight excluding hydrogens is 436 g/mol. The van der Waals surface area contributed by atoms with E-state index in [1.165, 1.54) is 31.2 Å². The van der Waals surface area contributed by atoms with E-state index in [2.05, 4.69) is 12.1 Å². The van der Waals surface area contributed by atoms with E-state index < -0.39 is 23.0 Å². The lowest BCUT2D eigenvalue weighted by atomic mass is 9.98. The molecule has 0 N–H and O–H groups in total. The maximum atomic E-state index is 12.9. The van der Waals surface area contributed by atoms with Crippen molar-refractivity contribution < 1.29 is 24.0 Å². The van der Waals surface area contributed by atoms with E-state index in [1.807, 2.05) is 36.4 Å². The Morgan fingerprint density at radius 1 is 0.971 bits per heavy atom. The third kappa shape index (κ3) is 4.47. The quantitative estimate of drug-likeness (QED) is 0.291. The number of hydrogen-bond donors (Lipinski definition) is 0. The SMILES string of the molecule is COC(=O)C(Cc1ccc([N+](=O)[O-])cc1)N(C)C(=O)OCC1c2ccccc2-c2ccccc21. The summed E-state index contributed by atoms with van der Waals surface area (Å²) in [6.45, 7) is 0.128. The smallest absolute Gasteiger partial charge is 0.410 e. The molecule has 1 aliphatic rings. The zero-order valence-corrected chi connectivity index (χ0v) is 18.8. The Morgan fingerprint density at radius 2 is 1.53 bits per heavy atom. The number of nitrogens with zero attached hydrogens (tertiary/aromatic N) is 2. The summed E-state index contributed by atoms with van der Waals surface area (Å²) in [4.78, 5) is 37.0. The van der Waals surface area contributed by atoms with Gasteiger partial charge < -0.3 is 9.47 Å². The van der Waals surface area contributed by atoms with Crippen molar-refractivity contribution in [3.8, 4) is 11.1 Å². The normalized spacial score (nSPS) is 12.9. The molecule has 0 heterocycles. The first-order chi connectivity index (χ1) is 16.4. The number of nitro benzene ring substituents is 1. The van der Waals surface area contributed by atoms with Gasteiger partial charge in [-0.3, -0.25) is 15.0 Å². The largest absolute Gasteiger partial charge is 0.467 e. The number of hydrogen-bond acceptors (Lipinski definition) is 6. The third-order valence-corrected chi connectivity index (χ3v) is 6.14. The first-order valence-corrected chi connectivity index (χ1v) is 10.8. The number of esters is 1. The molecule has 174 valence electrons. The number of amides is 1. The van der Waals surface area contributed by atoms with Crippen molar-refractivity contribution >= 4 is 17.7 Å². The van der Waals surface area contributed by atoms with Crippen LogP contribution in [-0.2, 0) is 20.7 Å². The Hall–Kier alpha value is -4.20. The van der Waals surface area contributed by atoms with Crippen molar-refractivity contribution in [1.29, 1.82) is 0 Å². The summed E-state index contributed by atoms with van der Waals surface area (Å²) in [5.74, 6) is -0.703. The second-order valence-corrected chi connectivity index (χ2v) is 8.08. The van der Waals surface area contributed by atoms with Crippen LogP contribution in [0.5, 0.6) is 0 Å². The van der Waals surface area contributed by atoms with Crippen LogP contribution in [0.1, 0.15) is 22.6 Å². The van der Waals surface area contributed by atoms with E-state index in [-0.39, 0.29) is 24.6 Å². The fourth-order valence-corrected chi connectivity index (χ4v) is 4.31. The molecule has 0 spiro atoms. The maximum absolute atomic E-state index is 12.9. The Kier molecular flexibility index (Phi) is 6.58. The van der Waals surface area contributed by atoms with E-state index in [9.17, 15) is 19.7 Å². The van der Waals surface area contributed by atoms with Gasteiger partial charge in [0.25, 0.3) is 5.69 Å². The lowest BCUT2D eigenvalue weighted by Gasteiger charge is -2.26. The van der Waals surface area contributed by atoms with Gasteiger partial charge in [0.1, 0.15) is 12.6 Å². The molecule has 0 bridgehead atoms. The van der Waals surface area contributed by atoms with Gasteiger partial charge in [-0.25, -0.2) is 9.59 Å². The maximum Gasteiger partial charge on any atom is 0.410 e. The lowest BCUT2D eigenvalue weighted by Crippen LogP contribution is -2.45. The summed E-state index contributed by atoms with van der Waals surface area (Å²) in [6, 6.07) is 20.9. The van der Waals surface area contributed by atoms with Gasteiger partial charge in [-0.2, -0.15) is 0 Å². The number of carbonyl (C=O) groups is 2. The summed E-state index contributed by atoms with van der Waals surface area (Å²) in [7, 11) is 2.72. The fourth-order valence-electron chi connectivity index (χ4n) is 4.31. The van der Waals surface area contributed by atoms with Gasteiger partial charge >= 0.3 is 12.1 Å². The summed E-state index contributed by atoms with van der Waals surface area (Å²) in [5, 5.41) is 10.9. The highest BCUT2D eigenvalue weighted by Gasteiger charge is 2.32. The molecule has 1 atom stereocenters. The molecule has 4 rings (SSSR count). The number of benzene rings is 3. The van der Waals surface area contributed by atoms with Crippen LogP contribution in [0.2, 0.25) is 0 Å². The molecule has 0 aliphatic heterocycles. The zero-order valence-electron chi connectivity index (χ0n) is 18.8. The van der Waals surface area contributed by atoms with E-state index in [1.54, 1.807) is 12.1 Å². The molecule has 8 nitrogen and oxygen atoms in total. The van der Waals surface area contributed by atoms with Crippen LogP contribution in [-0.4, -0.2) is 48.7 Å². The zero-order chi connectivity index (χ0) is 24.2. The molecule has 0 fully saturated rings. The van der Waals surface area contributed by atoms with Crippen molar-refractivity contribution in [3.05, 3.63) is 99.6 Å². The minimum Gasteiger partial charge on any atom is -0.467 e. The molecule has 8 heteroatoms. The lowest BCUT2D eigenvalue weighted by molar-refractivity contribution is -0.384. The molecule has 3 aromatic rings. The molecule has 1 amide bonds. The molecular formula is C26H24N2O6. The Morgan fingerprint density at radius 3 is 2.06 bits per heavy atom. The van der Waals surface area contributed by atoms with Crippen LogP contribution in [0.25, 0.3) is 11.1 Å². The Bertz CT molecular complexity index is 1180. The third-order valence-electron chi connectivity index (χ3n) is 6.14. The minimum atomic E-state index is -0.942. The van der Waals surface area contributed by atoms with Gasteiger partial charge in [-0.1, -0.05) is 60.7 Å². The first kappa shape index (κ1) is 23.0. The number of fused-ring (bicyclic) bond motifs is 3. The van der Waals surface area contributed by atoms with Gasteiger partial charge in [-0.15, -0.1) is 0 Å². The Labute approximate surface area is 196 Å². The predicted octanol–water partition coefficient (Wildman–Crippen LogP) is 4.56. The van der Waals surface area contributed by atoms with Crippen molar-refractivity contribution in [3.63, 3.8) is 0 Å². The molecule has 3 aromatic carbocycles. The molecule has 1 aliphatic carbocycles. The van der Waals surface area contributed by atoms with Gasteiger partial charge in [0.15, 0.2) is 0 Å². The van der Waals surface area contributed by atoms with Gasteiger partial charge in [0.2, 0.25) is 0 Å². The molecule has 0 radical (unpaired) electrons. The summed E-state index contributed by atoms with van der Waals surface area (Å²) in [6.07, 6.45) is -0.523. The van der Waals surface area contributed by atoms with E-state index in [4.69, 9.17) is 9.47 Å². The summed E-state index contributed by atoms with van der Waals surface area (Å²) < 4.78 is 10.5. The minimum absolute atomic E-state index is 0.0525. The van der Waals surface area contributed by atoms with Crippen LogP contribution in [0.4, 0.5) is 10.5 Å². The van der Waals surface area contributed by atoms with Crippen LogP contribution in [0.15, 0.2) is 72.8 Å². The number of methoxy groups -OCH3 is 1. The molecule has 0 saturated heterocycles.